The van der Waals surface area contributed by atoms with Crippen molar-refractivity contribution < 1.29 is 0 Å². The van der Waals surface area contributed by atoms with Crippen molar-refractivity contribution in [1.29, 1.82) is 0 Å². The molecule has 0 saturated heterocycles. The third-order valence-electron chi connectivity index (χ3n) is 2.80. The van der Waals surface area contributed by atoms with Gasteiger partial charge in [0, 0.05) is 16.3 Å². The normalized spacial score (nSPS) is 10.9. The number of benzene rings is 1. The van der Waals surface area contributed by atoms with Crippen LogP contribution in [0.5, 0.6) is 0 Å². The molecule has 0 radical (unpaired) electrons. The second-order valence-electron chi connectivity index (χ2n) is 4.03. The summed E-state index contributed by atoms with van der Waals surface area (Å²) in [5.74, 6) is 2.00. The minimum absolute atomic E-state index is 0.815. The van der Waals surface area contributed by atoms with Gasteiger partial charge in [0.2, 0.25) is 0 Å². The first-order chi connectivity index (χ1) is 7.17. The van der Waals surface area contributed by atoms with Crippen molar-refractivity contribution in [3.05, 3.63) is 23.8 Å². The first kappa shape index (κ1) is 12.4. The third-order valence-corrected chi connectivity index (χ3v) is 4.10. The van der Waals surface area contributed by atoms with Gasteiger partial charge in [-0.05, 0) is 30.5 Å². The third kappa shape index (κ3) is 3.78. The smallest absolute Gasteiger partial charge is 0.0452 e. The van der Waals surface area contributed by atoms with E-state index in [0.29, 0.717) is 0 Å². The van der Waals surface area contributed by atoms with E-state index >= 15 is 0 Å². The van der Waals surface area contributed by atoms with Crippen LogP contribution in [0.3, 0.4) is 0 Å². The lowest BCUT2D eigenvalue weighted by Gasteiger charge is -2.12. The SMILES string of the molecule is CCC(CC)CSc1cc(C)ccc1N. The fourth-order valence-corrected chi connectivity index (χ4v) is 2.89. The van der Waals surface area contributed by atoms with Gasteiger partial charge >= 0.3 is 0 Å². The molecule has 0 heterocycles. The molecule has 0 amide bonds. The van der Waals surface area contributed by atoms with Crippen LogP contribution in [0.15, 0.2) is 23.1 Å². The number of nitrogen functional groups attached to an aromatic ring is 1. The Balaban J connectivity index is 2.60. The number of rotatable bonds is 5. The summed E-state index contributed by atoms with van der Waals surface area (Å²) in [6.07, 6.45) is 2.52. The fourth-order valence-electron chi connectivity index (χ4n) is 1.50. The average Bonchev–Trinajstić information content (AvgIpc) is 2.24. The number of aryl methyl sites for hydroxylation is 1. The van der Waals surface area contributed by atoms with E-state index in [1.807, 2.05) is 17.8 Å². The summed E-state index contributed by atoms with van der Waals surface area (Å²) in [5.41, 5.74) is 8.14. The van der Waals surface area contributed by atoms with Gasteiger partial charge in [-0.25, -0.2) is 0 Å². The van der Waals surface area contributed by atoms with Gasteiger partial charge in [-0.2, -0.15) is 0 Å². The van der Waals surface area contributed by atoms with Gasteiger partial charge in [0.15, 0.2) is 0 Å². The Hall–Kier alpha value is -0.630. The van der Waals surface area contributed by atoms with E-state index in [1.165, 1.54) is 29.1 Å². The Bertz CT molecular complexity index is 305. The average molecular weight is 223 g/mol. The van der Waals surface area contributed by atoms with Gasteiger partial charge in [0.1, 0.15) is 0 Å². The summed E-state index contributed by atoms with van der Waals surface area (Å²) in [5, 5.41) is 0. The van der Waals surface area contributed by atoms with E-state index < -0.39 is 0 Å². The van der Waals surface area contributed by atoms with E-state index in [9.17, 15) is 0 Å². The van der Waals surface area contributed by atoms with Gasteiger partial charge in [0.05, 0.1) is 0 Å². The maximum absolute atomic E-state index is 5.94. The Morgan fingerprint density at radius 3 is 2.53 bits per heavy atom. The highest BCUT2D eigenvalue weighted by molar-refractivity contribution is 7.99. The molecule has 2 N–H and O–H groups in total. The van der Waals surface area contributed by atoms with E-state index in [-0.39, 0.29) is 0 Å². The monoisotopic (exact) mass is 223 g/mol. The van der Waals surface area contributed by atoms with Crippen molar-refractivity contribution in [3.8, 4) is 0 Å². The molecule has 1 rings (SSSR count). The van der Waals surface area contributed by atoms with Gasteiger partial charge in [-0.1, -0.05) is 32.8 Å². The molecule has 1 aromatic rings. The number of hydrogen-bond acceptors (Lipinski definition) is 2. The van der Waals surface area contributed by atoms with E-state index in [4.69, 9.17) is 5.73 Å². The Morgan fingerprint density at radius 2 is 1.93 bits per heavy atom. The lowest BCUT2D eigenvalue weighted by molar-refractivity contribution is 0.554. The fraction of sp³-hybridized carbons (Fsp3) is 0.538. The van der Waals surface area contributed by atoms with E-state index in [0.717, 1.165) is 11.6 Å². The van der Waals surface area contributed by atoms with E-state index in [1.54, 1.807) is 0 Å². The summed E-state index contributed by atoms with van der Waals surface area (Å²) in [6.45, 7) is 6.63. The van der Waals surface area contributed by atoms with Crippen molar-refractivity contribution in [3.63, 3.8) is 0 Å². The standard InChI is InChI=1S/C13H21NS/c1-4-11(5-2)9-15-13-8-10(3)6-7-12(13)14/h6-8,11H,4-5,9,14H2,1-3H3. The van der Waals surface area contributed by atoms with Gasteiger partial charge in [0.25, 0.3) is 0 Å². The molecule has 0 fully saturated rings. The molecule has 1 aromatic carbocycles. The van der Waals surface area contributed by atoms with Gasteiger partial charge in [-0.3, -0.25) is 0 Å². The minimum atomic E-state index is 0.815. The van der Waals surface area contributed by atoms with Crippen LogP contribution in [0.4, 0.5) is 5.69 Å². The molecule has 0 aromatic heterocycles. The molecule has 0 saturated carbocycles. The van der Waals surface area contributed by atoms with Crippen molar-refractivity contribution in [1.82, 2.24) is 0 Å². The lowest BCUT2D eigenvalue weighted by Crippen LogP contribution is -2.00. The lowest BCUT2D eigenvalue weighted by atomic mass is 10.1. The van der Waals surface area contributed by atoms with Crippen LogP contribution in [-0.2, 0) is 0 Å². The van der Waals surface area contributed by atoms with Crippen molar-refractivity contribution in [2.24, 2.45) is 5.92 Å². The predicted molar refractivity (Wildman–Crippen MR) is 70.4 cm³/mol. The highest BCUT2D eigenvalue weighted by atomic mass is 32.2. The van der Waals surface area contributed by atoms with Crippen LogP contribution in [0.25, 0.3) is 0 Å². The summed E-state index contributed by atoms with van der Waals surface area (Å²) in [4.78, 5) is 1.24. The molecule has 15 heavy (non-hydrogen) atoms. The quantitative estimate of drug-likeness (QED) is 0.600. The molecule has 0 bridgehead atoms. The van der Waals surface area contributed by atoms with E-state index in [2.05, 4.69) is 32.9 Å². The summed E-state index contributed by atoms with van der Waals surface area (Å²) in [7, 11) is 0. The molecule has 0 unspecified atom stereocenters. The second-order valence-corrected chi connectivity index (χ2v) is 5.10. The first-order valence-corrected chi connectivity index (χ1v) is 6.64. The second kappa shape index (κ2) is 6.06. The molecular formula is C13H21NS. The molecule has 0 aliphatic rings. The summed E-state index contributed by atoms with van der Waals surface area (Å²) >= 11 is 1.89. The maximum Gasteiger partial charge on any atom is 0.0452 e. The number of thioether (sulfide) groups is 1. The molecule has 0 atom stereocenters. The number of nitrogens with two attached hydrogens (primary N) is 1. The Kier molecular flexibility index (Phi) is 5.03. The van der Waals surface area contributed by atoms with Gasteiger partial charge in [-0.15, -0.1) is 11.8 Å². The Morgan fingerprint density at radius 1 is 1.27 bits per heavy atom. The van der Waals surface area contributed by atoms with Crippen LogP contribution in [0.2, 0.25) is 0 Å². The topological polar surface area (TPSA) is 26.0 Å². The molecule has 1 nitrogen and oxygen atoms in total. The zero-order chi connectivity index (χ0) is 11.3. The van der Waals surface area contributed by atoms with Crippen molar-refractivity contribution >= 4 is 17.4 Å². The summed E-state index contributed by atoms with van der Waals surface area (Å²) < 4.78 is 0. The summed E-state index contributed by atoms with van der Waals surface area (Å²) in [6, 6.07) is 6.25. The van der Waals surface area contributed by atoms with Crippen LogP contribution in [-0.4, -0.2) is 5.75 Å². The largest absolute Gasteiger partial charge is 0.398 e. The van der Waals surface area contributed by atoms with Crippen LogP contribution >= 0.6 is 11.8 Å². The first-order valence-electron chi connectivity index (χ1n) is 5.66. The van der Waals surface area contributed by atoms with Gasteiger partial charge < -0.3 is 5.73 Å². The maximum atomic E-state index is 5.94. The minimum Gasteiger partial charge on any atom is -0.398 e. The zero-order valence-electron chi connectivity index (χ0n) is 9.92. The van der Waals surface area contributed by atoms with Crippen LogP contribution in [0, 0.1) is 12.8 Å². The molecular weight excluding hydrogens is 202 g/mol. The van der Waals surface area contributed by atoms with Crippen LogP contribution in [0.1, 0.15) is 32.3 Å². The molecule has 2 heteroatoms. The number of hydrogen-bond donors (Lipinski definition) is 1. The van der Waals surface area contributed by atoms with Crippen molar-refractivity contribution in [2.75, 3.05) is 11.5 Å². The van der Waals surface area contributed by atoms with Crippen LogP contribution < -0.4 is 5.73 Å². The Labute approximate surface area is 97.4 Å². The predicted octanol–water partition coefficient (Wildman–Crippen LogP) is 4.11. The molecule has 0 aliphatic carbocycles. The molecule has 0 spiro atoms. The number of anilines is 1. The highest BCUT2D eigenvalue weighted by Crippen LogP contribution is 2.29. The zero-order valence-corrected chi connectivity index (χ0v) is 10.7. The van der Waals surface area contributed by atoms with Crippen molar-refractivity contribution in [2.45, 2.75) is 38.5 Å². The molecule has 84 valence electrons. The highest BCUT2D eigenvalue weighted by Gasteiger charge is 2.06. The molecule has 0 aliphatic heterocycles.